The second-order valence-electron chi connectivity index (χ2n) is 7.53. The predicted molar refractivity (Wildman–Crippen MR) is 117 cm³/mol. The van der Waals surface area contributed by atoms with E-state index in [1.54, 1.807) is 13.8 Å². The zero-order chi connectivity index (χ0) is 21.3. The van der Waals surface area contributed by atoms with Gasteiger partial charge in [-0.15, -0.1) is 0 Å². The van der Waals surface area contributed by atoms with Gasteiger partial charge in [-0.1, -0.05) is 36.4 Å². The number of aromatic nitrogens is 1. The first kappa shape index (κ1) is 19.8. The van der Waals surface area contributed by atoms with Crippen LogP contribution in [-0.4, -0.2) is 30.5 Å². The number of hydrogen-bond donors (Lipinski definition) is 2. The Balaban J connectivity index is 1.57. The van der Waals surface area contributed by atoms with E-state index in [-0.39, 0.29) is 5.91 Å². The van der Waals surface area contributed by atoms with E-state index in [0.29, 0.717) is 29.1 Å². The summed E-state index contributed by atoms with van der Waals surface area (Å²) >= 11 is 0. The quantitative estimate of drug-likeness (QED) is 0.625. The van der Waals surface area contributed by atoms with Gasteiger partial charge in [0.1, 0.15) is 5.69 Å². The number of hydrogen-bond acceptors (Lipinski definition) is 4. The van der Waals surface area contributed by atoms with Crippen molar-refractivity contribution in [2.24, 2.45) is 0 Å². The number of benzene rings is 2. The van der Waals surface area contributed by atoms with Crippen molar-refractivity contribution >= 4 is 23.3 Å². The van der Waals surface area contributed by atoms with E-state index in [9.17, 15) is 9.59 Å². The maximum atomic E-state index is 13.0. The van der Waals surface area contributed by atoms with Gasteiger partial charge in [0.2, 0.25) is 0 Å². The van der Waals surface area contributed by atoms with E-state index in [2.05, 4.69) is 39.5 Å². The summed E-state index contributed by atoms with van der Waals surface area (Å²) in [6, 6.07) is 16.3. The summed E-state index contributed by atoms with van der Waals surface area (Å²) in [6.07, 6.45) is 1.03. The Morgan fingerprint density at radius 2 is 1.83 bits per heavy atom. The summed E-state index contributed by atoms with van der Waals surface area (Å²) in [5.74, 6) is -0.728. The molecular formula is C24H25N3O3. The number of nitrogens with zero attached hydrogens (tertiary/aromatic N) is 1. The first-order valence-corrected chi connectivity index (χ1v) is 9.99. The lowest BCUT2D eigenvalue weighted by molar-refractivity contribution is 0.0599. The van der Waals surface area contributed by atoms with Gasteiger partial charge in [0.25, 0.3) is 5.91 Å². The van der Waals surface area contributed by atoms with Gasteiger partial charge in [-0.05, 0) is 49.1 Å². The molecule has 0 fully saturated rings. The van der Waals surface area contributed by atoms with Crippen LogP contribution in [0.2, 0.25) is 0 Å². The lowest BCUT2D eigenvalue weighted by Crippen LogP contribution is -2.22. The number of esters is 1. The summed E-state index contributed by atoms with van der Waals surface area (Å²) in [5, 5.41) is 3.01. The summed E-state index contributed by atoms with van der Waals surface area (Å²) in [4.78, 5) is 30.4. The number of methoxy groups -OCH3 is 1. The van der Waals surface area contributed by atoms with Crippen molar-refractivity contribution in [2.75, 3.05) is 23.9 Å². The fraction of sp³-hybridized carbons (Fsp3) is 0.250. The van der Waals surface area contributed by atoms with Gasteiger partial charge in [0.15, 0.2) is 0 Å². The monoisotopic (exact) mass is 403 g/mol. The molecule has 0 saturated heterocycles. The van der Waals surface area contributed by atoms with Crippen LogP contribution < -0.4 is 10.2 Å². The molecule has 0 spiro atoms. The van der Waals surface area contributed by atoms with Crippen molar-refractivity contribution in [1.82, 2.24) is 4.98 Å². The molecule has 0 atom stereocenters. The van der Waals surface area contributed by atoms with Gasteiger partial charge < -0.3 is 19.9 Å². The molecule has 0 saturated carbocycles. The van der Waals surface area contributed by atoms with E-state index in [0.717, 1.165) is 24.2 Å². The van der Waals surface area contributed by atoms with Crippen LogP contribution in [0.3, 0.4) is 0 Å². The molecule has 30 heavy (non-hydrogen) atoms. The Hall–Kier alpha value is -3.54. The van der Waals surface area contributed by atoms with Crippen molar-refractivity contribution in [2.45, 2.75) is 26.8 Å². The third kappa shape index (κ3) is 3.56. The highest BCUT2D eigenvalue weighted by atomic mass is 16.5. The zero-order valence-corrected chi connectivity index (χ0v) is 17.4. The van der Waals surface area contributed by atoms with Gasteiger partial charge in [-0.2, -0.15) is 0 Å². The summed E-state index contributed by atoms with van der Waals surface area (Å²) in [5.41, 5.74) is 6.38. The molecule has 0 bridgehead atoms. The number of para-hydroxylation sites is 2. The molecule has 154 valence electrons. The molecule has 2 heterocycles. The maximum Gasteiger partial charge on any atom is 0.339 e. The Morgan fingerprint density at radius 1 is 1.10 bits per heavy atom. The molecule has 0 unspecified atom stereocenters. The molecule has 4 rings (SSSR count). The molecule has 1 aliphatic rings. The fourth-order valence-electron chi connectivity index (χ4n) is 4.13. The molecular weight excluding hydrogens is 378 g/mol. The van der Waals surface area contributed by atoms with Crippen LogP contribution in [0, 0.1) is 13.8 Å². The highest BCUT2D eigenvalue weighted by Crippen LogP contribution is 2.30. The summed E-state index contributed by atoms with van der Waals surface area (Å²) < 4.78 is 4.84. The van der Waals surface area contributed by atoms with Crippen LogP contribution in [0.25, 0.3) is 0 Å². The number of carbonyl (C=O) groups is 2. The highest BCUT2D eigenvalue weighted by Gasteiger charge is 2.24. The average Bonchev–Trinajstić information content (AvgIpc) is 3.29. The van der Waals surface area contributed by atoms with Gasteiger partial charge >= 0.3 is 5.97 Å². The molecule has 0 radical (unpaired) electrons. The minimum absolute atomic E-state index is 0.278. The highest BCUT2D eigenvalue weighted by molar-refractivity contribution is 6.07. The smallest absolute Gasteiger partial charge is 0.339 e. The lowest BCUT2D eigenvalue weighted by Gasteiger charge is -2.21. The third-order valence-corrected chi connectivity index (χ3v) is 5.66. The average molecular weight is 403 g/mol. The van der Waals surface area contributed by atoms with Crippen molar-refractivity contribution < 1.29 is 14.3 Å². The van der Waals surface area contributed by atoms with E-state index >= 15 is 0 Å². The first-order valence-electron chi connectivity index (χ1n) is 9.99. The Morgan fingerprint density at radius 3 is 2.63 bits per heavy atom. The predicted octanol–water partition coefficient (Wildman–Crippen LogP) is 4.23. The van der Waals surface area contributed by atoms with E-state index in [4.69, 9.17) is 4.74 Å². The van der Waals surface area contributed by atoms with E-state index < -0.39 is 5.97 Å². The number of ether oxygens (including phenoxy) is 1. The van der Waals surface area contributed by atoms with Gasteiger partial charge in [-0.3, -0.25) is 4.79 Å². The number of aryl methyl sites for hydroxylation is 1. The number of nitrogens with one attached hydrogen (secondary N) is 2. The molecule has 6 nitrogen and oxygen atoms in total. The summed E-state index contributed by atoms with van der Waals surface area (Å²) in [7, 11) is 1.33. The Labute approximate surface area is 175 Å². The Kier molecular flexibility index (Phi) is 5.31. The van der Waals surface area contributed by atoms with Crippen molar-refractivity contribution in [3.63, 3.8) is 0 Å². The number of rotatable bonds is 5. The van der Waals surface area contributed by atoms with E-state index in [1.807, 2.05) is 24.3 Å². The number of amides is 1. The second kappa shape index (κ2) is 8.06. The lowest BCUT2D eigenvalue weighted by atomic mass is 10.1. The van der Waals surface area contributed by atoms with Crippen LogP contribution in [0.4, 0.5) is 11.4 Å². The van der Waals surface area contributed by atoms with Crippen molar-refractivity contribution in [1.29, 1.82) is 0 Å². The molecule has 2 aromatic carbocycles. The number of anilines is 2. The topological polar surface area (TPSA) is 74.4 Å². The van der Waals surface area contributed by atoms with Crippen LogP contribution in [0.15, 0.2) is 48.5 Å². The van der Waals surface area contributed by atoms with Crippen LogP contribution in [0.5, 0.6) is 0 Å². The standard InChI is InChI=1S/C24H25N3O3/c1-15-21(24(29)30-3)16(2)25-22(15)23(28)26-19-10-6-4-9-18(19)14-27-13-12-17-8-5-7-11-20(17)27/h4-11,25H,12-14H2,1-3H3,(H,26,28). The number of H-pyrrole nitrogens is 1. The largest absolute Gasteiger partial charge is 0.465 e. The third-order valence-electron chi connectivity index (χ3n) is 5.66. The summed E-state index contributed by atoms with van der Waals surface area (Å²) in [6.45, 7) is 5.18. The van der Waals surface area contributed by atoms with Gasteiger partial charge in [0, 0.05) is 30.2 Å². The van der Waals surface area contributed by atoms with Crippen LogP contribution >= 0.6 is 0 Å². The SMILES string of the molecule is COC(=O)c1c(C)[nH]c(C(=O)Nc2ccccc2CN2CCc3ccccc32)c1C. The van der Waals surface area contributed by atoms with Crippen LogP contribution in [0.1, 0.15) is 43.2 Å². The second-order valence-corrected chi connectivity index (χ2v) is 7.53. The van der Waals surface area contributed by atoms with Gasteiger partial charge in [-0.25, -0.2) is 4.79 Å². The first-order chi connectivity index (χ1) is 14.5. The molecule has 1 aliphatic heterocycles. The number of aromatic amines is 1. The van der Waals surface area contributed by atoms with Crippen LogP contribution in [-0.2, 0) is 17.7 Å². The minimum Gasteiger partial charge on any atom is -0.465 e. The van der Waals surface area contributed by atoms with Crippen molar-refractivity contribution in [3.05, 3.63) is 82.2 Å². The molecule has 0 aliphatic carbocycles. The molecule has 1 aromatic heterocycles. The van der Waals surface area contributed by atoms with E-state index in [1.165, 1.54) is 18.4 Å². The minimum atomic E-state index is -0.451. The molecule has 1 amide bonds. The Bertz CT molecular complexity index is 1120. The molecule has 2 N–H and O–H groups in total. The van der Waals surface area contributed by atoms with Crippen molar-refractivity contribution in [3.8, 4) is 0 Å². The molecule has 6 heteroatoms. The number of fused-ring (bicyclic) bond motifs is 1. The van der Waals surface area contributed by atoms with Gasteiger partial charge in [0.05, 0.1) is 12.7 Å². The zero-order valence-electron chi connectivity index (χ0n) is 17.4. The maximum absolute atomic E-state index is 13.0. The molecule has 3 aromatic rings. The normalized spacial score (nSPS) is 12.6. The fourth-order valence-corrected chi connectivity index (χ4v) is 4.13. The number of carbonyl (C=O) groups excluding carboxylic acids is 2.